The van der Waals surface area contributed by atoms with Crippen molar-refractivity contribution in [2.24, 2.45) is 0 Å². The molecule has 0 aromatic heterocycles. The summed E-state index contributed by atoms with van der Waals surface area (Å²) in [6, 6.07) is 10.6. The van der Waals surface area contributed by atoms with Gasteiger partial charge in [0.15, 0.2) is 9.84 Å². The van der Waals surface area contributed by atoms with E-state index in [1.54, 1.807) is 0 Å². The fourth-order valence-electron chi connectivity index (χ4n) is 3.16. The zero-order chi connectivity index (χ0) is 20.5. The fraction of sp³-hybridized carbons (Fsp3) is 0.316. The summed E-state index contributed by atoms with van der Waals surface area (Å²) in [5.74, 6) is -0.545. The van der Waals surface area contributed by atoms with Crippen molar-refractivity contribution < 1.29 is 21.6 Å². The summed E-state index contributed by atoms with van der Waals surface area (Å²) in [6.07, 6.45) is 0.262. The Kier molecular flexibility index (Phi) is 5.60. The molecule has 0 saturated carbocycles. The monoisotopic (exact) mass is 422 g/mol. The summed E-state index contributed by atoms with van der Waals surface area (Å²) in [5, 5.41) is 2.85. The van der Waals surface area contributed by atoms with Crippen LogP contribution in [0.1, 0.15) is 27.9 Å². The third-order valence-electron chi connectivity index (χ3n) is 4.70. The van der Waals surface area contributed by atoms with Crippen molar-refractivity contribution in [3.63, 3.8) is 0 Å². The van der Waals surface area contributed by atoms with Crippen molar-refractivity contribution in [2.75, 3.05) is 16.8 Å². The van der Waals surface area contributed by atoms with Crippen LogP contribution >= 0.6 is 0 Å². The molecule has 1 aliphatic heterocycles. The minimum atomic E-state index is -3.85. The number of carbonyl (C=O) groups is 1. The maximum Gasteiger partial charge on any atom is 0.255 e. The zero-order valence-corrected chi connectivity index (χ0v) is 17.2. The Bertz CT molecular complexity index is 1090. The van der Waals surface area contributed by atoms with E-state index in [1.165, 1.54) is 24.3 Å². The van der Waals surface area contributed by atoms with E-state index in [0.29, 0.717) is 5.56 Å². The van der Waals surface area contributed by atoms with Crippen LogP contribution in [0.3, 0.4) is 0 Å². The van der Waals surface area contributed by atoms with Crippen LogP contribution in [-0.2, 0) is 19.9 Å². The lowest BCUT2D eigenvalue weighted by molar-refractivity contribution is 0.102. The lowest BCUT2D eigenvalue weighted by atomic mass is 10.1. The number of anilines is 1. The van der Waals surface area contributed by atoms with Gasteiger partial charge in [0.05, 0.1) is 16.4 Å². The topological polar surface area (TPSA) is 109 Å². The normalized spacial score (nSPS) is 18.7. The first-order valence-electron chi connectivity index (χ1n) is 8.78. The molecule has 1 fully saturated rings. The largest absolute Gasteiger partial charge is 0.322 e. The molecule has 3 rings (SSSR count). The van der Waals surface area contributed by atoms with Crippen molar-refractivity contribution in [1.82, 2.24) is 4.72 Å². The Morgan fingerprint density at radius 1 is 1.04 bits per heavy atom. The van der Waals surface area contributed by atoms with Crippen LogP contribution in [0, 0.1) is 13.8 Å². The second-order valence-electron chi connectivity index (χ2n) is 6.97. The highest BCUT2D eigenvalue weighted by atomic mass is 32.2. The highest BCUT2D eigenvalue weighted by Crippen LogP contribution is 2.21. The maximum absolute atomic E-state index is 12.5. The quantitative estimate of drug-likeness (QED) is 0.766. The maximum atomic E-state index is 12.5. The molecule has 1 heterocycles. The molecule has 0 bridgehead atoms. The van der Waals surface area contributed by atoms with E-state index in [9.17, 15) is 21.6 Å². The van der Waals surface area contributed by atoms with Crippen LogP contribution in [0.2, 0.25) is 0 Å². The van der Waals surface area contributed by atoms with E-state index in [-0.39, 0.29) is 28.7 Å². The summed E-state index contributed by atoms with van der Waals surface area (Å²) in [7, 11) is -7.04. The van der Waals surface area contributed by atoms with E-state index in [0.717, 1.165) is 16.8 Å². The van der Waals surface area contributed by atoms with Gasteiger partial charge in [-0.2, -0.15) is 0 Å². The molecule has 150 valence electrons. The van der Waals surface area contributed by atoms with Gasteiger partial charge in [-0.15, -0.1) is 0 Å². The summed E-state index contributed by atoms with van der Waals surface area (Å²) < 4.78 is 50.3. The second-order valence-corrected chi connectivity index (χ2v) is 10.9. The molecular weight excluding hydrogens is 400 g/mol. The second kappa shape index (κ2) is 7.65. The Hall–Kier alpha value is -2.23. The Labute approximate surface area is 165 Å². The first kappa shape index (κ1) is 20.5. The van der Waals surface area contributed by atoms with Gasteiger partial charge in [-0.3, -0.25) is 4.79 Å². The van der Waals surface area contributed by atoms with Gasteiger partial charge in [-0.25, -0.2) is 21.6 Å². The van der Waals surface area contributed by atoms with Crippen molar-refractivity contribution >= 4 is 31.5 Å². The number of carbonyl (C=O) groups excluding carboxylic acids is 1. The van der Waals surface area contributed by atoms with Gasteiger partial charge in [0.25, 0.3) is 5.91 Å². The number of nitrogens with one attached hydrogen (secondary N) is 2. The van der Waals surface area contributed by atoms with Crippen molar-refractivity contribution in [3.8, 4) is 0 Å². The number of amides is 1. The average Bonchev–Trinajstić information content (AvgIpc) is 2.96. The molecule has 1 amide bonds. The van der Waals surface area contributed by atoms with Crippen molar-refractivity contribution in [3.05, 3.63) is 59.2 Å². The minimum absolute atomic E-state index is 0.0135. The minimum Gasteiger partial charge on any atom is -0.322 e. The Balaban J connectivity index is 1.73. The van der Waals surface area contributed by atoms with E-state index >= 15 is 0 Å². The predicted octanol–water partition coefficient (Wildman–Crippen LogP) is 2.02. The molecule has 2 aromatic carbocycles. The third-order valence-corrected chi connectivity index (χ3v) is 8.01. The predicted molar refractivity (Wildman–Crippen MR) is 108 cm³/mol. The van der Waals surface area contributed by atoms with Crippen LogP contribution < -0.4 is 10.0 Å². The highest BCUT2D eigenvalue weighted by molar-refractivity contribution is 7.92. The first-order valence-corrected chi connectivity index (χ1v) is 12.1. The third kappa shape index (κ3) is 4.60. The summed E-state index contributed by atoms with van der Waals surface area (Å²) in [4.78, 5) is 12.5. The molecule has 0 aliphatic carbocycles. The van der Waals surface area contributed by atoms with Crippen molar-refractivity contribution in [1.29, 1.82) is 0 Å². The first-order chi connectivity index (χ1) is 13.1. The van der Waals surface area contributed by atoms with E-state index in [2.05, 4.69) is 10.0 Å². The molecular formula is C19H22N2O5S2. The highest BCUT2D eigenvalue weighted by Gasteiger charge is 2.31. The molecule has 1 unspecified atom stereocenters. The molecule has 1 aliphatic rings. The van der Waals surface area contributed by atoms with E-state index in [4.69, 9.17) is 0 Å². The lowest BCUT2D eigenvalue weighted by Gasteiger charge is -2.13. The van der Waals surface area contributed by atoms with Gasteiger partial charge >= 0.3 is 0 Å². The summed E-state index contributed by atoms with van der Waals surface area (Å²) in [6.45, 7) is 3.79. The number of sulfone groups is 1. The molecule has 0 radical (unpaired) electrons. The zero-order valence-electron chi connectivity index (χ0n) is 15.6. The number of hydrogen-bond donors (Lipinski definition) is 2. The number of para-hydroxylation sites is 1. The number of benzene rings is 2. The van der Waals surface area contributed by atoms with E-state index < -0.39 is 25.9 Å². The van der Waals surface area contributed by atoms with Gasteiger partial charge in [0, 0.05) is 17.3 Å². The molecule has 0 spiro atoms. The molecule has 7 nitrogen and oxygen atoms in total. The fourth-order valence-corrected chi connectivity index (χ4v) is 6.21. The standard InChI is InChI=1S/C19H22N2O5S2/c1-13-4-3-5-14(2)18(13)20-19(22)15-6-8-17(9-7-15)28(25,26)21-16-10-11-27(23,24)12-16/h3-9,16,21H,10-12H2,1-2H3,(H,20,22). The van der Waals surface area contributed by atoms with Crippen LogP contribution in [-0.4, -0.2) is 40.3 Å². The van der Waals surface area contributed by atoms with Crippen LogP contribution in [0.5, 0.6) is 0 Å². The van der Waals surface area contributed by atoms with Crippen LogP contribution in [0.4, 0.5) is 5.69 Å². The molecule has 1 saturated heterocycles. The smallest absolute Gasteiger partial charge is 0.255 e. The molecule has 9 heteroatoms. The van der Waals surface area contributed by atoms with Crippen molar-refractivity contribution in [2.45, 2.75) is 31.2 Å². The summed E-state index contributed by atoms with van der Waals surface area (Å²) >= 11 is 0. The van der Waals surface area contributed by atoms with E-state index in [1.807, 2.05) is 32.0 Å². The molecule has 2 aromatic rings. The van der Waals surface area contributed by atoms with Crippen LogP contribution in [0.25, 0.3) is 0 Å². The van der Waals surface area contributed by atoms with Gasteiger partial charge in [-0.1, -0.05) is 18.2 Å². The number of aryl methyl sites for hydroxylation is 2. The van der Waals surface area contributed by atoms with Gasteiger partial charge < -0.3 is 5.32 Å². The molecule has 2 N–H and O–H groups in total. The van der Waals surface area contributed by atoms with Gasteiger partial charge in [-0.05, 0) is 55.7 Å². The van der Waals surface area contributed by atoms with Gasteiger partial charge in [0.1, 0.15) is 0 Å². The van der Waals surface area contributed by atoms with Crippen LogP contribution in [0.15, 0.2) is 47.4 Å². The lowest BCUT2D eigenvalue weighted by Crippen LogP contribution is -2.35. The average molecular weight is 423 g/mol. The number of rotatable bonds is 5. The molecule has 28 heavy (non-hydrogen) atoms. The molecule has 1 atom stereocenters. The Morgan fingerprint density at radius 2 is 1.64 bits per heavy atom. The number of sulfonamides is 1. The Morgan fingerprint density at radius 3 is 2.18 bits per heavy atom. The number of hydrogen-bond acceptors (Lipinski definition) is 5. The van der Waals surface area contributed by atoms with Gasteiger partial charge in [0.2, 0.25) is 10.0 Å². The summed E-state index contributed by atoms with van der Waals surface area (Å²) in [5.41, 5.74) is 2.92. The SMILES string of the molecule is Cc1cccc(C)c1NC(=O)c1ccc(S(=O)(=O)NC2CCS(=O)(=O)C2)cc1.